The Hall–Kier alpha value is -0.660. The van der Waals surface area contributed by atoms with Gasteiger partial charge in [0.05, 0.1) is 12.8 Å². The minimum atomic E-state index is 0.509. The number of methoxy groups -OCH3 is 1. The van der Waals surface area contributed by atoms with Gasteiger partial charge in [-0.15, -0.1) is 0 Å². The number of allylic oxidation sites excluding steroid dienone is 2. The third-order valence-electron chi connectivity index (χ3n) is 1.71. The molecule has 0 rings (SSSR count). The van der Waals surface area contributed by atoms with Crippen molar-refractivity contribution in [2.24, 2.45) is 5.92 Å². The van der Waals surface area contributed by atoms with Crippen molar-refractivity contribution >= 4 is 0 Å². The lowest BCUT2D eigenvalue weighted by Crippen LogP contribution is -2.15. The second kappa shape index (κ2) is 5.05. The predicted octanol–water partition coefficient (Wildman–Crippen LogP) is 2.13. The first kappa shape index (κ1) is 10.3. The molecule has 0 aliphatic carbocycles. The van der Waals surface area contributed by atoms with Crippen LogP contribution in [0.1, 0.15) is 27.2 Å². The van der Waals surface area contributed by atoms with Crippen LogP contribution in [0.15, 0.2) is 11.5 Å². The molecule has 0 heterocycles. The van der Waals surface area contributed by atoms with Gasteiger partial charge in [-0.05, 0) is 5.92 Å². The molecule has 0 aromatic heterocycles. The lowest BCUT2D eigenvalue weighted by molar-refractivity contribution is 0.268. The van der Waals surface area contributed by atoms with Gasteiger partial charge in [-0.2, -0.15) is 0 Å². The Morgan fingerprint density at radius 1 is 1.45 bits per heavy atom. The van der Waals surface area contributed by atoms with Crippen LogP contribution in [0.5, 0.6) is 0 Å². The van der Waals surface area contributed by atoms with Gasteiger partial charge < -0.3 is 10.1 Å². The average Bonchev–Trinajstić information content (AvgIpc) is 1.99. The summed E-state index contributed by atoms with van der Waals surface area (Å²) in [6.45, 7) is 6.40. The lowest BCUT2D eigenvalue weighted by atomic mass is 10.1. The van der Waals surface area contributed by atoms with E-state index in [1.807, 2.05) is 7.05 Å². The van der Waals surface area contributed by atoms with Gasteiger partial charge >= 0.3 is 0 Å². The van der Waals surface area contributed by atoms with Crippen LogP contribution in [0.25, 0.3) is 0 Å². The fourth-order valence-corrected chi connectivity index (χ4v) is 1.19. The monoisotopic (exact) mass is 157 g/mol. The van der Waals surface area contributed by atoms with E-state index in [9.17, 15) is 0 Å². The second-order valence-corrected chi connectivity index (χ2v) is 2.80. The largest absolute Gasteiger partial charge is 0.499 e. The van der Waals surface area contributed by atoms with E-state index in [1.165, 1.54) is 5.70 Å². The SMILES string of the molecule is CCC(OC)=C(NC)C(C)C. The summed E-state index contributed by atoms with van der Waals surface area (Å²) in [6, 6.07) is 0. The van der Waals surface area contributed by atoms with E-state index in [0.717, 1.165) is 12.2 Å². The molecule has 0 bridgehead atoms. The number of hydrogen-bond donors (Lipinski definition) is 1. The van der Waals surface area contributed by atoms with Crippen LogP contribution in [0.4, 0.5) is 0 Å². The highest BCUT2D eigenvalue weighted by atomic mass is 16.5. The number of nitrogens with one attached hydrogen (secondary N) is 1. The van der Waals surface area contributed by atoms with Crippen molar-refractivity contribution in [1.29, 1.82) is 0 Å². The maximum absolute atomic E-state index is 5.23. The number of rotatable bonds is 4. The molecular weight excluding hydrogens is 138 g/mol. The van der Waals surface area contributed by atoms with Crippen LogP contribution in [-0.4, -0.2) is 14.2 Å². The molecule has 2 heteroatoms. The summed E-state index contributed by atoms with van der Waals surface area (Å²) in [4.78, 5) is 0. The standard InChI is InChI=1S/C9H19NO/c1-6-8(11-5)9(10-4)7(2)3/h7,10H,6H2,1-5H3. The first-order valence-electron chi connectivity index (χ1n) is 4.12. The minimum absolute atomic E-state index is 0.509. The maximum atomic E-state index is 5.23. The molecule has 1 N–H and O–H groups in total. The fraction of sp³-hybridized carbons (Fsp3) is 0.778. The summed E-state index contributed by atoms with van der Waals surface area (Å²) in [6.07, 6.45) is 0.949. The average molecular weight is 157 g/mol. The van der Waals surface area contributed by atoms with Gasteiger partial charge in [-0.1, -0.05) is 20.8 Å². The molecule has 0 atom stereocenters. The number of ether oxygens (including phenoxy) is 1. The Bertz CT molecular complexity index is 132. The van der Waals surface area contributed by atoms with Crippen LogP contribution in [0, 0.1) is 5.92 Å². The Balaban J connectivity index is 4.48. The smallest absolute Gasteiger partial charge is 0.114 e. The third kappa shape index (κ3) is 2.83. The zero-order valence-electron chi connectivity index (χ0n) is 8.19. The summed E-state index contributed by atoms with van der Waals surface area (Å²) in [5.41, 5.74) is 1.20. The third-order valence-corrected chi connectivity index (χ3v) is 1.71. The Labute approximate surface area is 69.6 Å². The maximum Gasteiger partial charge on any atom is 0.114 e. The van der Waals surface area contributed by atoms with Crippen molar-refractivity contribution in [1.82, 2.24) is 5.32 Å². The molecule has 0 amide bonds. The Morgan fingerprint density at radius 2 is 2.00 bits per heavy atom. The van der Waals surface area contributed by atoms with E-state index >= 15 is 0 Å². The summed E-state index contributed by atoms with van der Waals surface area (Å²) in [5, 5.41) is 3.16. The van der Waals surface area contributed by atoms with Gasteiger partial charge in [0.15, 0.2) is 0 Å². The predicted molar refractivity (Wildman–Crippen MR) is 48.2 cm³/mol. The van der Waals surface area contributed by atoms with Gasteiger partial charge in [0.1, 0.15) is 5.76 Å². The highest BCUT2D eigenvalue weighted by Crippen LogP contribution is 2.14. The molecule has 2 nitrogen and oxygen atoms in total. The van der Waals surface area contributed by atoms with Gasteiger partial charge in [-0.25, -0.2) is 0 Å². The highest BCUT2D eigenvalue weighted by molar-refractivity contribution is 5.07. The summed E-state index contributed by atoms with van der Waals surface area (Å²) in [7, 11) is 3.66. The molecule has 0 unspecified atom stereocenters. The topological polar surface area (TPSA) is 21.3 Å². The van der Waals surface area contributed by atoms with E-state index in [-0.39, 0.29) is 0 Å². The van der Waals surface area contributed by atoms with Crippen molar-refractivity contribution in [2.45, 2.75) is 27.2 Å². The van der Waals surface area contributed by atoms with Crippen LogP contribution < -0.4 is 5.32 Å². The van der Waals surface area contributed by atoms with Crippen molar-refractivity contribution in [3.8, 4) is 0 Å². The second-order valence-electron chi connectivity index (χ2n) is 2.80. The van der Waals surface area contributed by atoms with Gasteiger partial charge in [0.2, 0.25) is 0 Å². The Morgan fingerprint density at radius 3 is 2.09 bits per heavy atom. The van der Waals surface area contributed by atoms with Crippen LogP contribution >= 0.6 is 0 Å². The Kier molecular flexibility index (Phi) is 4.75. The van der Waals surface area contributed by atoms with Crippen LogP contribution in [-0.2, 0) is 4.74 Å². The first-order valence-corrected chi connectivity index (χ1v) is 4.12. The van der Waals surface area contributed by atoms with E-state index in [4.69, 9.17) is 4.74 Å². The quantitative estimate of drug-likeness (QED) is 0.631. The van der Waals surface area contributed by atoms with Gasteiger partial charge in [0.25, 0.3) is 0 Å². The van der Waals surface area contributed by atoms with Gasteiger partial charge in [-0.3, -0.25) is 0 Å². The van der Waals surface area contributed by atoms with E-state index in [2.05, 4.69) is 26.1 Å². The normalized spacial score (nSPS) is 12.9. The van der Waals surface area contributed by atoms with E-state index in [0.29, 0.717) is 5.92 Å². The molecule has 0 aromatic carbocycles. The van der Waals surface area contributed by atoms with Crippen molar-refractivity contribution < 1.29 is 4.74 Å². The molecule has 0 aliphatic heterocycles. The van der Waals surface area contributed by atoms with Crippen molar-refractivity contribution in [3.05, 3.63) is 11.5 Å². The lowest BCUT2D eigenvalue weighted by Gasteiger charge is -2.15. The molecule has 0 aliphatic rings. The summed E-state index contributed by atoms with van der Waals surface area (Å²) >= 11 is 0. The van der Waals surface area contributed by atoms with Gasteiger partial charge in [0, 0.05) is 13.5 Å². The molecule has 11 heavy (non-hydrogen) atoms. The van der Waals surface area contributed by atoms with Crippen LogP contribution in [0.3, 0.4) is 0 Å². The first-order chi connectivity index (χ1) is 5.17. The minimum Gasteiger partial charge on any atom is -0.499 e. The van der Waals surface area contributed by atoms with E-state index < -0.39 is 0 Å². The highest BCUT2D eigenvalue weighted by Gasteiger charge is 2.07. The molecule has 0 saturated carbocycles. The molecule has 0 radical (unpaired) electrons. The molecular formula is C9H19NO. The fourth-order valence-electron chi connectivity index (χ4n) is 1.19. The molecule has 0 fully saturated rings. The summed E-state index contributed by atoms with van der Waals surface area (Å²) < 4.78 is 5.23. The van der Waals surface area contributed by atoms with E-state index in [1.54, 1.807) is 7.11 Å². The summed E-state index contributed by atoms with van der Waals surface area (Å²) in [5.74, 6) is 1.57. The molecule has 0 saturated heterocycles. The molecule has 0 aromatic rings. The van der Waals surface area contributed by atoms with Crippen molar-refractivity contribution in [2.75, 3.05) is 14.2 Å². The zero-order chi connectivity index (χ0) is 8.85. The zero-order valence-corrected chi connectivity index (χ0v) is 8.19. The molecule has 66 valence electrons. The van der Waals surface area contributed by atoms with Crippen LogP contribution in [0.2, 0.25) is 0 Å². The number of hydrogen-bond acceptors (Lipinski definition) is 2. The molecule has 0 spiro atoms. The van der Waals surface area contributed by atoms with Crippen molar-refractivity contribution in [3.63, 3.8) is 0 Å².